The van der Waals surface area contributed by atoms with Crippen LogP contribution in [0.25, 0.3) is 0 Å². The van der Waals surface area contributed by atoms with Crippen LogP contribution >= 0.6 is 7.82 Å². The monoisotopic (exact) mass is 1230 g/mol. The van der Waals surface area contributed by atoms with E-state index in [0.29, 0.717) is 25.7 Å². The number of ether oxygens (including phenoxy) is 5. The number of carbonyl (C=O) groups is 3. The Labute approximate surface area is 515 Å². The SMILES string of the molecule is CCCCCCCCCCCCCCCCCC(=O)N[C@H]1[C@H](OC(C)[C@H]2O[C@H](OP(=O)(O)O)[C@H](NC(=O)CC(=O)CCCCCCCCCCC)[C@@H](OCCCCCCCCCC)[C@@H]2O)O[C@H](CCO)[C@@H](O)[C@@H]1OCCC(O)CCCCCCC. The smallest absolute Gasteiger partial charge is 0.396 e. The van der Waals surface area contributed by atoms with Gasteiger partial charge >= 0.3 is 7.82 Å². The maximum atomic E-state index is 14.0. The van der Waals surface area contributed by atoms with E-state index >= 15 is 0 Å². The second kappa shape index (κ2) is 51.0. The van der Waals surface area contributed by atoms with E-state index in [4.69, 9.17) is 28.2 Å². The van der Waals surface area contributed by atoms with Crippen LogP contribution in [0.1, 0.15) is 311 Å². The molecule has 8 N–H and O–H groups in total. The first-order chi connectivity index (χ1) is 41.1. The molecule has 2 heterocycles. The van der Waals surface area contributed by atoms with Gasteiger partial charge in [0, 0.05) is 32.7 Å². The summed E-state index contributed by atoms with van der Waals surface area (Å²) in [6.45, 7) is 10.1. The molecule has 0 aliphatic carbocycles. The van der Waals surface area contributed by atoms with Gasteiger partial charge in [0.2, 0.25) is 11.8 Å². The predicted octanol–water partition coefficient (Wildman–Crippen LogP) is 13.2. The van der Waals surface area contributed by atoms with Gasteiger partial charge in [0.15, 0.2) is 12.6 Å². The van der Waals surface area contributed by atoms with Crippen LogP contribution in [-0.4, -0.2) is 141 Å². The van der Waals surface area contributed by atoms with E-state index in [1.807, 2.05) is 0 Å². The van der Waals surface area contributed by atoms with Crippen molar-refractivity contribution < 1.29 is 77.4 Å². The van der Waals surface area contributed by atoms with Crippen molar-refractivity contribution in [2.24, 2.45) is 0 Å². The zero-order chi connectivity index (χ0) is 62.3. The number of hydrogen-bond donors (Lipinski definition) is 8. The molecule has 19 heteroatoms. The van der Waals surface area contributed by atoms with E-state index in [-0.39, 0.29) is 57.2 Å². The third kappa shape index (κ3) is 38.0. The lowest BCUT2D eigenvalue weighted by molar-refractivity contribution is -0.316. The van der Waals surface area contributed by atoms with Gasteiger partial charge in [-0.3, -0.25) is 18.9 Å². The Balaban J connectivity index is 2.34. The van der Waals surface area contributed by atoms with Gasteiger partial charge < -0.3 is 64.5 Å². The Morgan fingerprint density at radius 1 is 0.506 bits per heavy atom. The number of hydrogen-bond acceptors (Lipinski definition) is 14. The summed E-state index contributed by atoms with van der Waals surface area (Å²) in [6.07, 6.45) is 28.0. The number of carbonyl (C=O) groups excluding carboxylic acids is 3. The highest BCUT2D eigenvalue weighted by Gasteiger charge is 2.53. The third-order valence-corrected chi connectivity index (χ3v) is 17.5. The maximum absolute atomic E-state index is 14.0. The fourth-order valence-corrected chi connectivity index (χ4v) is 12.3. The average Bonchev–Trinajstić information content (AvgIpc) is 2.48. The van der Waals surface area contributed by atoms with Crippen LogP contribution in [0.4, 0.5) is 0 Å². The first kappa shape index (κ1) is 79.5. The van der Waals surface area contributed by atoms with E-state index in [2.05, 4.69) is 38.3 Å². The van der Waals surface area contributed by atoms with Crippen LogP contribution in [0, 0.1) is 0 Å². The van der Waals surface area contributed by atoms with Gasteiger partial charge in [-0.2, -0.15) is 0 Å². The van der Waals surface area contributed by atoms with E-state index in [9.17, 15) is 49.2 Å². The Kier molecular flexibility index (Phi) is 47.7. The summed E-state index contributed by atoms with van der Waals surface area (Å²) >= 11 is 0. The number of unbranched alkanes of at least 4 members (excludes halogenated alkanes) is 33. The molecule has 2 rings (SSSR count). The number of aliphatic hydroxyl groups excluding tert-OH is 4. The van der Waals surface area contributed by atoms with Crippen LogP contribution in [0.3, 0.4) is 0 Å². The van der Waals surface area contributed by atoms with Crippen molar-refractivity contribution in [1.82, 2.24) is 10.6 Å². The molecule has 2 amide bonds. The lowest BCUT2D eigenvalue weighted by Crippen LogP contribution is -2.68. The Morgan fingerprint density at radius 2 is 0.918 bits per heavy atom. The van der Waals surface area contributed by atoms with Crippen LogP contribution in [0.5, 0.6) is 0 Å². The largest absolute Gasteiger partial charge is 0.472 e. The van der Waals surface area contributed by atoms with Crippen molar-refractivity contribution in [2.45, 2.75) is 384 Å². The molecular formula is C66H127N2O16P. The van der Waals surface area contributed by atoms with E-state index < -0.39 is 93.6 Å². The molecule has 0 aromatic heterocycles. The molecule has 18 nitrogen and oxygen atoms in total. The molecule has 0 radical (unpaired) electrons. The Hall–Kier alpha value is -1.64. The summed E-state index contributed by atoms with van der Waals surface area (Å²) in [5.41, 5.74) is 0. The molecule has 12 atom stereocenters. The van der Waals surface area contributed by atoms with Crippen molar-refractivity contribution in [3.8, 4) is 0 Å². The van der Waals surface area contributed by atoms with Gasteiger partial charge in [-0.05, 0) is 45.4 Å². The molecule has 2 saturated heterocycles. The number of aliphatic hydroxyl groups is 4. The summed E-state index contributed by atoms with van der Waals surface area (Å²) < 4.78 is 49.9. The molecule has 2 unspecified atom stereocenters. The maximum Gasteiger partial charge on any atom is 0.472 e. The molecule has 502 valence electrons. The van der Waals surface area contributed by atoms with Crippen molar-refractivity contribution in [2.75, 3.05) is 19.8 Å². The molecule has 85 heavy (non-hydrogen) atoms. The number of amides is 2. The van der Waals surface area contributed by atoms with E-state index in [1.54, 1.807) is 6.92 Å². The highest BCUT2D eigenvalue weighted by Crippen LogP contribution is 2.42. The standard InChI is InChI=1S/C66H127N2O16P/c1-6-10-14-18-21-24-25-26-27-28-29-31-33-37-41-45-56(72)67-58-63(80-50-47-53(70)43-39-35-17-13-9-4)60(74)55(46-48-69)82-65(58)81-52(5)62-61(75)64(79-49-42-38-34-23-20-16-12-8-3)59(66(83-62)84-85(76,77)78)68-57(73)51-54(71)44-40-36-32-30-22-19-15-11-7-2/h52-53,55,58-66,69-70,74-75H,6-51H2,1-5H3,(H,67,72)(H,68,73)(H2,76,77,78)/t52?,53?,55-,58-,59-,60-,61-,62-,63-,64-,65-,66-/m1/s1. The molecule has 2 aliphatic heterocycles. The fraction of sp³-hybridized carbons (Fsp3) is 0.955. The number of rotatable bonds is 57. The van der Waals surface area contributed by atoms with Gasteiger partial charge in [0.05, 0.1) is 24.7 Å². The molecule has 2 fully saturated rings. The molecule has 0 spiro atoms. The van der Waals surface area contributed by atoms with Crippen LogP contribution < -0.4 is 10.6 Å². The number of ketones is 1. The van der Waals surface area contributed by atoms with Gasteiger partial charge in [-0.15, -0.1) is 0 Å². The second-order valence-corrected chi connectivity index (χ2v) is 26.1. The molecule has 0 saturated carbocycles. The van der Waals surface area contributed by atoms with Crippen molar-refractivity contribution >= 4 is 25.4 Å². The quantitative estimate of drug-likeness (QED) is 0.0160. The molecule has 0 bridgehead atoms. The Morgan fingerprint density at radius 3 is 1.40 bits per heavy atom. The van der Waals surface area contributed by atoms with Crippen molar-refractivity contribution in [3.05, 3.63) is 0 Å². The zero-order valence-electron chi connectivity index (χ0n) is 54.2. The van der Waals surface area contributed by atoms with Gasteiger partial charge in [0.1, 0.15) is 48.4 Å². The molecule has 0 aromatic carbocycles. The average molecular weight is 1240 g/mol. The lowest BCUT2D eigenvalue weighted by atomic mass is 9.92. The highest BCUT2D eigenvalue weighted by molar-refractivity contribution is 7.46. The Bertz CT molecular complexity index is 1680. The normalized spacial score (nSPS) is 23.5. The fourth-order valence-electron chi connectivity index (χ4n) is 11.9. The van der Waals surface area contributed by atoms with Crippen LogP contribution in [0.2, 0.25) is 0 Å². The minimum atomic E-state index is -5.36. The minimum absolute atomic E-state index is 0.0269. The third-order valence-electron chi connectivity index (χ3n) is 17.0. The zero-order valence-corrected chi connectivity index (χ0v) is 55.1. The van der Waals surface area contributed by atoms with Gasteiger partial charge in [-0.25, -0.2) is 4.57 Å². The number of nitrogens with one attached hydrogen (secondary N) is 2. The van der Waals surface area contributed by atoms with Gasteiger partial charge in [0.25, 0.3) is 0 Å². The topological polar surface area (TPSA) is 269 Å². The van der Waals surface area contributed by atoms with E-state index in [0.717, 1.165) is 122 Å². The lowest BCUT2D eigenvalue weighted by Gasteiger charge is -2.48. The second-order valence-electron chi connectivity index (χ2n) is 24.9. The highest BCUT2D eigenvalue weighted by atomic mass is 31.2. The summed E-state index contributed by atoms with van der Waals surface area (Å²) in [5.74, 6) is -1.38. The molecule has 2 aliphatic rings. The van der Waals surface area contributed by atoms with Crippen LogP contribution in [-0.2, 0) is 47.2 Å². The minimum Gasteiger partial charge on any atom is -0.396 e. The number of phosphoric ester groups is 1. The van der Waals surface area contributed by atoms with Crippen molar-refractivity contribution in [1.29, 1.82) is 0 Å². The summed E-state index contributed by atoms with van der Waals surface area (Å²) in [7, 11) is -5.36. The first-order valence-electron chi connectivity index (χ1n) is 34.8. The van der Waals surface area contributed by atoms with Gasteiger partial charge in [-0.1, -0.05) is 246 Å². The summed E-state index contributed by atoms with van der Waals surface area (Å²) in [4.78, 5) is 61.3. The van der Waals surface area contributed by atoms with E-state index in [1.165, 1.54) is 96.3 Å². The number of Topliss-reactive ketones (excluding diaryl/α,β-unsaturated/α-hetero) is 1. The van der Waals surface area contributed by atoms with Crippen LogP contribution in [0.15, 0.2) is 0 Å². The summed E-state index contributed by atoms with van der Waals surface area (Å²) in [5, 5.41) is 51.0. The summed E-state index contributed by atoms with van der Waals surface area (Å²) in [6, 6.07) is -2.64. The molecular weight excluding hydrogens is 1110 g/mol. The van der Waals surface area contributed by atoms with Crippen molar-refractivity contribution in [3.63, 3.8) is 0 Å². The number of phosphoric acid groups is 1. The molecule has 0 aromatic rings. The first-order valence-corrected chi connectivity index (χ1v) is 36.3. The predicted molar refractivity (Wildman–Crippen MR) is 336 cm³/mol.